The van der Waals surface area contributed by atoms with Crippen LogP contribution in [-0.4, -0.2) is 39.0 Å². The molecule has 1 fully saturated rings. The van der Waals surface area contributed by atoms with Crippen LogP contribution in [0.1, 0.15) is 38.5 Å². The van der Waals surface area contributed by atoms with Gasteiger partial charge in [-0.2, -0.15) is 4.98 Å². The molecule has 116 valence electrons. The molecule has 0 bridgehead atoms. The van der Waals surface area contributed by atoms with Gasteiger partial charge in [-0.25, -0.2) is 0 Å². The van der Waals surface area contributed by atoms with Gasteiger partial charge in [-0.1, -0.05) is 19.0 Å². The van der Waals surface area contributed by atoms with Crippen molar-refractivity contribution in [1.82, 2.24) is 20.0 Å². The van der Waals surface area contributed by atoms with E-state index in [-0.39, 0.29) is 17.7 Å². The van der Waals surface area contributed by atoms with Crippen molar-refractivity contribution in [3.63, 3.8) is 0 Å². The molecule has 6 nitrogen and oxygen atoms in total. The van der Waals surface area contributed by atoms with Crippen LogP contribution in [0.25, 0.3) is 11.4 Å². The third kappa shape index (κ3) is 2.73. The highest BCUT2D eigenvalue weighted by molar-refractivity contribution is 5.79. The predicted octanol–water partition coefficient (Wildman–Crippen LogP) is 2.49. The first kappa shape index (κ1) is 14.7. The van der Waals surface area contributed by atoms with Gasteiger partial charge >= 0.3 is 0 Å². The Morgan fingerprint density at radius 3 is 2.82 bits per heavy atom. The van der Waals surface area contributed by atoms with E-state index in [0.717, 1.165) is 18.4 Å². The van der Waals surface area contributed by atoms with Crippen LogP contribution in [0.2, 0.25) is 0 Å². The van der Waals surface area contributed by atoms with Crippen molar-refractivity contribution < 1.29 is 9.32 Å². The maximum atomic E-state index is 12.2. The van der Waals surface area contributed by atoms with Crippen LogP contribution in [0.15, 0.2) is 29.0 Å². The number of aromatic nitrogens is 3. The van der Waals surface area contributed by atoms with Crippen LogP contribution in [0, 0.1) is 5.92 Å². The third-order valence-electron chi connectivity index (χ3n) is 4.24. The molecule has 0 atom stereocenters. The monoisotopic (exact) mass is 300 g/mol. The van der Waals surface area contributed by atoms with Gasteiger partial charge in [-0.05, 0) is 25.0 Å². The lowest BCUT2D eigenvalue weighted by molar-refractivity contribution is -0.140. The van der Waals surface area contributed by atoms with Crippen molar-refractivity contribution in [3.05, 3.63) is 30.4 Å². The number of carbonyl (C=O) groups excluding carboxylic acids is 1. The van der Waals surface area contributed by atoms with Gasteiger partial charge in [0.1, 0.15) is 0 Å². The van der Waals surface area contributed by atoms with Crippen LogP contribution >= 0.6 is 0 Å². The number of pyridine rings is 1. The van der Waals surface area contributed by atoms with Gasteiger partial charge in [-0.15, -0.1) is 0 Å². The molecular weight excluding hydrogens is 280 g/mol. The molecule has 0 saturated carbocycles. The highest BCUT2D eigenvalue weighted by atomic mass is 16.5. The molecule has 3 rings (SSSR count). The lowest BCUT2D eigenvalue weighted by Gasteiger charge is -2.39. The Hall–Kier alpha value is -2.24. The second-order valence-corrected chi connectivity index (χ2v) is 5.65. The fourth-order valence-corrected chi connectivity index (χ4v) is 2.72. The number of hydrogen-bond acceptors (Lipinski definition) is 5. The van der Waals surface area contributed by atoms with Crippen LogP contribution < -0.4 is 0 Å². The molecule has 1 aliphatic rings. The number of nitrogens with zero attached hydrogens (tertiary/aromatic N) is 4. The standard InChI is InChI=1S/C16H20N4O2/c1-3-11(4-2)16(21)20-9-13(10-20)15-18-14(19-22-15)12-6-5-7-17-8-12/h5-8,11,13H,3-4,9-10H2,1-2H3. The molecule has 0 radical (unpaired) electrons. The SMILES string of the molecule is CCC(CC)C(=O)N1CC(c2nc(-c3cccnc3)no2)C1. The number of hydrogen-bond donors (Lipinski definition) is 0. The molecule has 1 aliphatic heterocycles. The average Bonchev–Trinajstić information content (AvgIpc) is 2.97. The van der Waals surface area contributed by atoms with E-state index in [1.807, 2.05) is 17.0 Å². The molecule has 0 aliphatic carbocycles. The van der Waals surface area contributed by atoms with Crippen molar-refractivity contribution in [2.75, 3.05) is 13.1 Å². The van der Waals surface area contributed by atoms with E-state index in [0.29, 0.717) is 24.8 Å². The molecule has 3 heterocycles. The van der Waals surface area contributed by atoms with Gasteiger partial charge in [-0.3, -0.25) is 9.78 Å². The smallest absolute Gasteiger partial charge is 0.233 e. The summed E-state index contributed by atoms with van der Waals surface area (Å²) in [7, 11) is 0. The summed E-state index contributed by atoms with van der Waals surface area (Å²) in [6.45, 7) is 5.46. The van der Waals surface area contributed by atoms with Gasteiger partial charge in [0.25, 0.3) is 0 Å². The fraction of sp³-hybridized carbons (Fsp3) is 0.500. The predicted molar refractivity (Wildman–Crippen MR) is 80.9 cm³/mol. The Kier molecular flexibility index (Phi) is 4.18. The van der Waals surface area contributed by atoms with E-state index >= 15 is 0 Å². The molecule has 22 heavy (non-hydrogen) atoms. The first-order valence-corrected chi connectivity index (χ1v) is 7.75. The summed E-state index contributed by atoms with van der Waals surface area (Å²) < 4.78 is 5.34. The Morgan fingerprint density at radius 1 is 1.41 bits per heavy atom. The van der Waals surface area contributed by atoms with Gasteiger partial charge in [0.15, 0.2) is 0 Å². The van der Waals surface area contributed by atoms with Crippen molar-refractivity contribution in [3.8, 4) is 11.4 Å². The summed E-state index contributed by atoms with van der Waals surface area (Å²) in [5.74, 6) is 1.68. The van der Waals surface area contributed by atoms with Crippen molar-refractivity contribution in [1.29, 1.82) is 0 Å². The van der Waals surface area contributed by atoms with Crippen LogP contribution in [-0.2, 0) is 4.79 Å². The van der Waals surface area contributed by atoms with Crippen LogP contribution in [0.5, 0.6) is 0 Å². The lowest BCUT2D eigenvalue weighted by atomic mass is 9.94. The maximum absolute atomic E-state index is 12.2. The second-order valence-electron chi connectivity index (χ2n) is 5.65. The van der Waals surface area contributed by atoms with Gasteiger partial charge in [0.05, 0.1) is 5.92 Å². The van der Waals surface area contributed by atoms with Crippen molar-refractivity contribution in [2.45, 2.75) is 32.6 Å². The Morgan fingerprint density at radius 2 is 2.18 bits per heavy atom. The van der Waals surface area contributed by atoms with E-state index in [9.17, 15) is 4.79 Å². The maximum Gasteiger partial charge on any atom is 0.233 e. The summed E-state index contributed by atoms with van der Waals surface area (Å²) in [6, 6.07) is 3.73. The fourth-order valence-electron chi connectivity index (χ4n) is 2.72. The number of amides is 1. The molecule has 6 heteroatoms. The van der Waals surface area contributed by atoms with E-state index in [4.69, 9.17) is 4.52 Å². The first-order valence-electron chi connectivity index (χ1n) is 7.75. The van der Waals surface area contributed by atoms with E-state index in [2.05, 4.69) is 29.0 Å². The summed E-state index contributed by atoms with van der Waals surface area (Å²) in [5.41, 5.74) is 0.835. The molecule has 0 unspecified atom stereocenters. The van der Waals surface area contributed by atoms with Gasteiger partial charge < -0.3 is 9.42 Å². The summed E-state index contributed by atoms with van der Waals surface area (Å²) >= 11 is 0. The Bertz CT molecular complexity index is 631. The van der Waals surface area contributed by atoms with E-state index in [1.54, 1.807) is 12.4 Å². The first-order chi connectivity index (χ1) is 10.7. The molecule has 0 N–H and O–H groups in total. The molecule has 2 aromatic rings. The molecular formula is C16H20N4O2. The van der Waals surface area contributed by atoms with E-state index < -0.39 is 0 Å². The van der Waals surface area contributed by atoms with Gasteiger partial charge in [0.2, 0.25) is 17.6 Å². The number of carbonyl (C=O) groups is 1. The Labute approximate surface area is 129 Å². The third-order valence-corrected chi connectivity index (χ3v) is 4.24. The second kappa shape index (κ2) is 6.25. The van der Waals surface area contributed by atoms with Crippen LogP contribution in [0.4, 0.5) is 0 Å². The molecule has 0 aromatic carbocycles. The van der Waals surface area contributed by atoms with E-state index in [1.165, 1.54) is 0 Å². The zero-order chi connectivity index (χ0) is 15.5. The topological polar surface area (TPSA) is 72.1 Å². The normalized spacial score (nSPS) is 15.1. The summed E-state index contributed by atoms with van der Waals surface area (Å²) in [5, 5.41) is 4.00. The average molecular weight is 300 g/mol. The molecule has 2 aromatic heterocycles. The number of rotatable bonds is 5. The highest BCUT2D eigenvalue weighted by Crippen LogP contribution is 2.29. The largest absolute Gasteiger partial charge is 0.341 e. The summed E-state index contributed by atoms with van der Waals surface area (Å²) in [6.07, 6.45) is 5.19. The van der Waals surface area contributed by atoms with Crippen molar-refractivity contribution in [2.24, 2.45) is 5.92 Å². The van der Waals surface area contributed by atoms with Crippen LogP contribution in [0.3, 0.4) is 0 Å². The summed E-state index contributed by atoms with van der Waals surface area (Å²) in [4.78, 5) is 22.6. The van der Waals surface area contributed by atoms with Crippen molar-refractivity contribution >= 4 is 5.91 Å². The highest BCUT2D eigenvalue weighted by Gasteiger charge is 2.37. The zero-order valence-electron chi connectivity index (χ0n) is 12.9. The minimum Gasteiger partial charge on any atom is -0.341 e. The minimum atomic E-state index is 0.134. The quantitative estimate of drug-likeness (QED) is 0.848. The number of likely N-dealkylation sites (tertiary alicyclic amines) is 1. The van der Waals surface area contributed by atoms with Gasteiger partial charge in [0, 0.05) is 37.0 Å². The molecule has 0 spiro atoms. The zero-order valence-corrected chi connectivity index (χ0v) is 12.9. The molecule has 1 amide bonds. The minimum absolute atomic E-state index is 0.134. The Balaban J connectivity index is 1.62. The molecule has 1 saturated heterocycles. The lowest BCUT2D eigenvalue weighted by Crippen LogP contribution is -2.50.